The van der Waals surface area contributed by atoms with Crippen LogP contribution in [0.4, 0.5) is 11.4 Å². The third-order valence-corrected chi connectivity index (χ3v) is 5.17. The summed E-state index contributed by atoms with van der Waals surface area (Å²) in [5, 5.41) is 22.3. The van der Waals surface area contributed by atoms with Crippen molar-refractivity contribution in [3.63, 3.8) is 0 Å². The number of anilines is 1. The van der Waals surface area contributed by atoms with Crippen molar-refractivity contribution in [2.45, 2.75) is 18.9 Å². The van der Waals surface area contributed by atoms with E-state index < -0.39 is 11.0 Å². The quantitative estimate of drug-likeness (QED) is 0.625. The lowest BCUT2D eigenvalue weighted by Gasteiger charge is -2.35. The molecule has 1 heterocycles. The lowest BCUT2D eigenvalue weighted by molar-refractivity contribution is -0.385. The molecule has 1 aliphatic heterocycles. The molecule has 0 bridgehead atoms. The number of nitro groups is 1. The number of benzene rings is 2. The first kappa shape index (κ1) is 18.5. The van der Waals surface area contributed by atoms with Crippen LogP contribution in [-0.2, 0) is 0 Å². The van der Waals surface area contributed by atoms with E-state index in [1.165, 1.54) is 13.2 Å². The second-order valence-corrected chi connectivity index (χ2v) is 6.87. The van der Waals surface area contributed by atoms with E-state index in [-0.39, 0.29) is 17.4 Å². The van der Waals surface area contributed by atoms with Gasteiger partial charge in [0.15, 0.2) is 5.75 Å². The molecule has 138 valence electrons. The first-order valence-electron chi connectivity index (χ1n) is 8.50. The molecule has 0 aliphatic carbocycles. The van der Waals surface area contributed by atoms with Gasteiger partial charge in [-0.05, 0) is 42.5 Å². The fourth-order valence-corrected chi connectivity index (χ4v) is 3.55. The molecule has 1 aliphatic rings. The van der Waals surface area contributed by atoms with E-state index in [1.807, 2.05) is 12.1 Å². The average Bonchev–Trinajstić information content (AvgIpc) is 2.67. The zero-order chi connectivity index (χ0) is 18.7. The molecule has 26 heavy (non-hydrogen) atoms. The molecule has 1 atom stereocenters. The number of piperidine rings is 1. The van der Waals surface area contributed by atoms with Crippen LogP contribution < -0.4 is 9.64 Å². The predicted molar refractivity (Wildman–Crippen MR) is 101 cm³/mol. The van der Waals surface area contributed by atoms with Gasteiger partial charge in [-0.15, -0.1) is 0 Å². The normalized spacial score (nSPS) is 16.3. The second-order valence-electron chi connectivity index (χ2n) is 6.43. The largest absolute Gasteiger partial charge is 0.490 e. The Bertz CT molecular complexity index is 774. The Hall–Kier alpha value is -2.31. The molecule has 0 radical (unpaired) electrons. The number of ether oxygens (including phenoxy) is 1. The lowest BCUT2D eigenvalue weighted by atomic mass is 9.87. The SMILES string of the molecule is COc1cc(N2CCC(C(O)c3ccc(Cl)cc3)CC2)ccc1[N+](=O)[O-]. The molecular weight excluding hydrogens is 356 g/mol. The standard InChI is InChI=1S/C19H21ClN2O4/c1-26-18-12-16(6-7-17(18)22(24)25)21-10-8-14(9-11-21)19(23)13-2-4-15(20)5-3-13/h2-7,12,14,19,23H,8-11H2,1H3. The smallest absolute Gasteiger partial charge is 0.311 e. The maximum absolute atomic E-state index is 11.0. The van der Waals surface area contributed by atoms with Crippen molar-refractivity contribution in [3.8, 4) is 5.75 Å². The van der Waals surface area contributed by atoms with Crippen LogP contribution >= 0.6 is 11.6 Å². The minimum Gasteiger partial charge on any atom is -0.490 e. The van der Waals surface area contributed by atoms with Crippen LogP contribution in [0.25, 0.3) is 0 Å². The molecule has 0 amide bonds. The van der Waals surface area contributed by atoms with Gasteiger partial charge in [0, 0.05) is 35.9 Å². The van der Waals surface area contributed by atoms with Gasteiger partial charge >= 0.3 is 5.69 Å². The molecule has 0 aromatic heterocycles. The van der Waals surface area contributed by atoms with Gasteiger partial charge in [-0.3, -0.25) is 10.1 Å². The predicted octanol–water partition coefficient (Wildman–Crippen LogP) is 4.21. The molecule has 0 spiro atoms. The maximum atomic E-state index is 11.0. The number of aliphatic hydroxyl groups is 1. The van der Waals surface area contributed by atoms with Gasteiger partial charge in [0.2, 0.25) is 0 Å². The minimum absolute atomic E-state index is 0.0377. The fourth-order valence-electron chi connectivity index (χ4n) is 3.42. The van der Waals surface area contributed by atoms with E-state index in [0.29, 0.717) is 5.02 Å². The summed E-state index contributed by atoms with van der Waals surface area (Å²) >= 11 is 5.90. The Labute approximate surface area is 157 Å². The number of nitro benzene ring substituents is 1. The van der Waals surface area contributed by atoms with E-state index in [2.05, 4.69) is 4.90 Å². The summed E-state index contributed by atoms with van der Waals surface area (Å²) < 4.78 is 5.15. The van der Waals surface area contributed by atoms with Gasteiger partial charge < -0.3 is 14.7 Å². The summed E-state index contributed by atoms with van der Waals surface area (Å²) in [4.78, 5) is 12.7. The van der Waals surface area contributed by atoms with Gasteiger partial charge in [0.25, 0.3) is 0 Å². The van der Waals surface area contributed by atoms with Crippen molar-refractivity contribution in [2.75, 3.05) is 25.1 Å². The van der Waals surface area contributed by atoms with E-state index >= 15 is 0 Å². The molecule has 1 fully saturated rings. The number of aliphatic hydroxyl groups excluding tert-OH is 1. The number of rotatable bonds is 5. The van der Waals surface area contributed by atoms with E-state index in [1.54, 1.807) is 24.3 Å². The number of hydrogen-bond acceptors (Lipinski definition) is 5. The Balaban J connectivity index is 1.66. The first-order valence-corrected chi connectivity index (χ1v) is 8.88. The summed E-state index contributed by atoms with van der Waals surface area (Å²) in [6, 6.07) is 12.2. The third kappa shape index (κ3) is 3.92. The monoisotopic (exact) mass is 376 g/mol. The fraction of sp³-hybridized carbons (Fsp3) is 0.368. The molecule has 2 aromatic carbocycles. The van der Waals surface area contributed by atoms with Crippen LogP contribution in [0.3, 0.4) is 0 Å². The Morgan fingerprint density at radius 2 is 1.88 bits per heavy atom. The Morgan fingerprint density at radius 1 is 1.23 bits per heavy atom. The Kier molecular flexibility index (Phi) is 5.64. The molecule has 1 unspecified atom stereocenters. The highest BCUT2D eigenvalue weighted by Crippen LogP contribution is 2.36. The van der Waals surface area contributed by atoms with E-state index in [9.17, 15) is 15.2 Å². The van der Waals surface area contributed by atoms with Crippen molar-refractivity contribution in [2.24, 2.45) is 5.92 Å². The highest BCUT2D eigenvalue weighted by molar-refractivity contribution is 6.30. The van der Waals surface area contributed by atoms with Gasteiger partial charge in [0.1, 0.15) is 0 Å². The average molecular weight is 377 g/mol. The van der Waals surface area contributed by atoms with Gasteiger partial charge in [-0.25, -0.2) is 0 Å². The molecule has 0 saturated carbocycles. The summed E-state index contributed by atoms with van der Waals surface area (Å²) in [6.45, 7) is 1.55. The van der Waals surface area contributed by atoms with Crippen LogP contribution in [0.15, 0.2) is 42.5 Å². The van der Waals surface area contributed by atoms with Crippen molar-refractivity contribution >= 4 is 23.0 Å². The second kappa shape index (κ2) is 7.93. The highest BCUT2D eigenvalue weighted by atomic mass is 35.5. The molecule has 1 saturated heterocycles. The molecule has 7 heteroatoms. The van der Waals surface area contributed by atoms with Crippen LogP contribution in [0.1, 0.15) is 24.5 Å². The van der Waals surface area contributed by atoms with Gasteiger partial charge in [0.05, 0.1) is 18.1 Å². The summed E-state index contributed by atoms with van der Waals surface area (Å²) in [5.41, 5.74) is 1.74. The Morgan fingerprint density at radius 3 is 2.46 bits per heavy atom. The van der Waals surface area contributed by atoms with Crippen LogP contribution in [0, 0.1) is 16.0 Å². The van der Waals surface area contributed by atoms with Gasteiger partial charge in [-0.1, -0.05) is 23.7 Å². The number of halogens is 1. The highest BCUT2D eigenvalue weighted by Gasteiger charge is 2.27. The van der Waals surface area contributed by atoms with Crippen molar-refractivity contribution in [3.05, 3.63) is 63.2 Å². The van der Waals surface area contributed by atoms with E-state index in [0.717, 1.165) is 37.2 Å². The minimum atomic E-state index is -0.513. The van der Waals surface area contributed by atoms with E-state index in [4.69, 9.17) is 16.3 Å². The number of hydrogen-bond donors (Lipinski definition) is 1. The summed E-state index contributed by atoms with van der Waals surface area (Å²) in [6.07, 6.45) is 1.16. The first-order chi connectivity index (χ1) is 12.5. The van der Waals surface area contributed by atoms with Crippen molar-refractivity contribution in [1.29, 1.82) is 0 Å². The molecule has 1 N–H and O–H groups in total. The summed E-state index contributed by atoms with van der Waals surface area (Å²) in [5.74, 6) is 0.434. The molecule has 3 rings (SSSR count). The van der Waals surface area contributed by atoms with Gasteiger partial charge in [-0.2, -0.15) is 0 Å². The maximum Gasteiger partial charge on any atom is 0.311 e. The topological polar surface area (TPSA) is 75.8 Å². The zero-order valence-corrected chi connectivity index (χ0v) is 15.2. The number of methoxy groups -OCH3 is 1. The van der Waals surface area contributed by atoms with Crippen LogP contribution in [-0.4, -0.2) is 30.2 Å². The van der Waals surface area contributed by atoms with Crippen molar-refractivity contribution in [1.82, 2.24) is 0 Å². The summed E-state index contributed by atoms with van der Waals surface area (Å²) in [7, 11) is 1.43. The van der Waals surface area contributed by atoms with Crippen LogP contribution in [0.5, 0.6) is 5.75 Å². The third-order valence-electron chi connectivity index (χ3n) is 4.92. The molecular formula is C19H21ClN2O4. The van der Waals surface area contributed by atoms with Crippen molar-refractivity contribution < 1.29 is 14.8 Å². The molecule has 2 aromatic rings. The van der Waals surface area contributed by atoms with Crippen LogP contribution in [0.2, 0.25) is 5.02 Å². The molecule has 6 nitrogen and oxygen atoms in total. The lowest BCUT2D eigenvalue weighted by Crippen LogP contribution is -2.35. The zero-order valence-electron chi connectivity index (χ0n) is 14.5. The number of nitrogens with zero attached hydrogens (tertiary/aromatic N) is 2.